The maximum Gasteiger partial charge on any atom is 0.410 e. The molecule has 2 saturated heterocycles. The highest BCUT2D eigenvalue weighted by molar-refractivity contribution is 7.13. The van der Waals surface area contributed by atoms with Crippen molar-refractivity contribution in [2.45, 2.75) is 38.1 Å². The normalized spacial score (nSPS) is 18.5. The summed E-state index contributed by atoms with van der Waals surface area (Å²) in [6.07, 6.45) is 2.45. The first-order valence-electron chi connectivity index (χ1n) is 11.6. The van der Waals surface area contributed by atoms with Crippen molar-refractivity contribution >= 4 is 29.3 Å². The third kappa shape index (κ3) is 5.22. The molecule has 0 N–H and O–H groups in total. The van der Waals surface area contributed by atoms with E-state index < -0.39 is 18.1 Å². The zero-order valence-electron chi connectivity index (χ0n) is 19.1. The molecule has 35 heavy (non-hydrogen) atoms. The van der Waals surface area contributed by atoms with Crippen LogP contribution in [-0.2, 0) is 32.2 Å². The van der Waals surface area contributed by atoms with E-state index in [1.54, 1.807) is 20.9 Å². The summed E-state index contributed by atoms with van der Waals surface area (Å²) in [7, 11) is 0. The summed E-state index contributed by atoms with van der Waals surface area (Å²) in [5.41, 5.74) is 1.73. The number of rotatable bonds is 7. The van der Waals surface area contributed by atoms with E-state index in [9.17, 15) is 14.4 Å². The molecule has 2 amide bonds. The van der Waals surface area contributed by atoms with Gasteiger partial charge in [0.05, 0.1) is 4.88 Å². The molecule has 2 aromatic heterocycles. The number of hydrogen-bond acceptors (Lipinski definition) is 7. The van der Waals surface area contributed by atoms with Gasteiger partial charge >= 0.3 is 12.1 Å². The maximum absolute atomic E-state index is 12.8. The topological polar surface area (TPSA) is 94.0 Å². The molecule has 9 nitrogen and oxygen atoms in total. The van der Waals surface area contributed by atoms with Gasteiger partial charge in [-0.3, -0.25) is 14.4 Å². The van der Waals surface area contributed by atoms with Crippen molar-refractivity contribution in [2.24, 2.45) is 0 Å². The van der Waals surface area contributed by atoms with Crippen molar-refractivity contribution in [1.29, 1.82) is 0 Å². The number of hydrogen-bond donors (Lipinski definition) is 0. The van der Waals surface area contributed by atoms with Crippen LogP contribution in [0.5, 0.6) is 0 Å². The Kier molecular flexibility index (Phi) is 6.80. The van der Waals surface area contributed by atoms with Crippen LogP contribution in [0.3, 0.4) is 0 Å². The fourth-order valence-electron chi connectivity index (χ4n) is 4.48. The van der Waals surface area contributed by atoms with Gasteiger partial charge in [0.15, 0.2) is 6.04 Å². The number of amides is 2. The highest BCUT2D eigenvalue weighted by atomic mass is 32.1. The highest BCUT2D eigenvalue weighted by Gasteiger charge is 2.44. The molecule has 4 heterocycles. The van der Waals surface area contributed by atoms with Crippen molar-refractivity contribution in [1.82, 2.24) is 19.6 Å². The van der Waals surface area contributed by atoms with Crippen LogP contribution in [0.25, 0.3) is 10.6 Å². The molecule has 0 aliphatic carbocycles. The Balaban J connectivity index is 1.14. The number of aromatic nitrogens is 2. The summed E-state index contributed by atoms with van der Waals surface area (Å²) in [5, 5.41) is 6.50. The predicted octanol–water partition coefficient (Wildman–Crippen LogP) is 3.17. The minimum Gasteiger partial charge on any atom is -0.459 e. The second kappa shape index (κ2) is 10.3. The third-order valence-corrected chi connectivity index (χ3v) is 7.22. The van der Waals surface area contributed by atoms with Crippen molar-refractivity contribution in [2.75, 3.05) is 19.7 Å². The van der Waals surface area contributed by atoms with Gasteiger partial charge in [-0.05, 0) is 35.9 Å². The van der Waals surface area contributed by atoms with Crippen LogP contribution in [0.4, 0.5) is 4.79 Å². The van der Waals surface area contributed by atoms with Crippen LogP contribution in [0.15, 0.2) is 60.1 Å². The lowest BCUT2D eigenvalue weighted by Gasteiger charge is -2.37. The van der Waals surface area contributed by atoms with Gasteiger partial charge in [0.2, 0.25) is 5.91 Å². The third-order valence-electron chi connectivity index (χ3n) is 6.33. The molecular weight excluding hydrogens is 468 g/mol. The summed E-state index contributed by atoms with van der Waals surface area (Å²) in [6, 6.07) is 14.3. The molecule has 5 rings (SSSR count). The Morgan fingerprint density at radius 2 is 1.89 bits per heavy atom. The maximum atomic E-state index is 12.8. The molecule has 0 radical (unpaired) electrons. The van der Waals surface area contributed by atoms with Gasteiger partial charge in [0.25, 0.3) is 0 Å². The molecule has 2 aliphatic rings. The van der Waals surface area contributed by atoms with E-state index in [2.05, 4.69) is 5.10 Å². The SMILES string of the molecule is O=C(OCc1ccccc1)C1COC(=O)N1C1CCN(C(=O)Cn2ccc(-c3cccs3)n2)CC1. The van der Waals surface area contributed by atoms with Crippen molar-refractivity contribution in [3.05, 3.63) is 65.7 Å². The lowest BCUT2D eigenvalue weighted by molar-refractivity contribution is -0.150. The second-order valence-electron chi connectivity index (χ2n) is 8.58. The van der Waals surface area contributed by atoms with Gasteiger partial charge in [0.1, 0.15) is 25.5 Å². The summed E-state index contributed by atoms with van der Waals surface area (Å²) in [6.45, 7) is 1.29. The standard InChI is InChI=1S/C25H26N4O5S/c30-23(15-28-13-10-20(26-28)22-7-4-14-35-22)27-11-8-19(9-12-27)29-21(17-34-25(29)32)24(31)33-16-18-5-2-1-3-6-18/h1-7,10,13-14,19,21H,8-9,11-12,15-17H2. The van der Waals surface area contributed by atoms with E-state index in [0.29, 0.717) is 25.9 Å². The number of thiophene rings is 1. The smallest absolute Gasteiger partial charge is 0.410 e. The molecule has 1 atom stereocenters. The Morgan fingerprint density at radius 3 is 2.63 bits per heavy atom. The summed E-state index contributed by atoms with van der Waals surface area (Å²) < 4.78 is 12.3. The number of carbonyl (C=O) groups excluding carboxylic acids is 3. The van der Waals surface area contributed by atoms with Gasteiger partial charge in [-0.1, -0.05) is 36.4 Å². The number of nitrogens with zero attached hydrogens (tertiary/aromatic N) is 4. The first-order chi connectivity index (χ1) is 17.1. The van der Waals surface area contributed by atoms with E-state index in [-0.39, 0.29) is 31.7 Å². The quantitative estimate of drug-likeness (QED) is 0.469. The van der Waals surface area contributed by atoms with Gasteiger partial charge in [-0.2, -0.15) is 5.10 Å². The van der Waals surface area contributed by atoms with Crippen LogP contribution < -0.4 is 0 Å². The van der Waals surface area contributed by atoms with Crippen LogP contribution >= 0.6 is 11.3 Å². The van der Waals surface area contributed by atoms with E-state index in [4.69, 9.17) is 9.47 Å². The van der Waals surface area contributed by atoms with Crippen LogP contribution in [0.1, 0.15) is 18.4 Å². The van der Waals surface area contributed by atoms with Gasteiger partial charge in [0, 0.05) is 25.3 Å². The zero-order valence-corrected chi connectivity index (χ0v) is 19.9. The number of likely N-dealkylation sites (tertiary alicyclic amines) is 1. The number of piperidine rings is 1. The minimum absolute atomic E-state index is 0.0164. The number of cyclic esters (lactones) is 1. The monoisotopic (exact) mass is 494 g/mol. The van der Waals surface area contributed by atoms with E-state index >= 15 is 0 Å². The first-order valence-corrected chi connectivity index (χ1v) is 12.5. The van der Waals surface area contributed by atoms with Crippen LogP contribution in [-0.4, -0.2) is 69.3 Å². The fourth-order valence-corrected chi connectivity index (χ4v) is 5.17. The number of ether oxygens (including phenoxy) is 2. The number of esters is 1. The lowest BCUT2D eigenvalue weighted by atomic mass is 10.0. The van der Waals surface area contributed by atoms with E-state index in [0.717, 1.165) is 16.1 Å². The van der Waals surface area contributed by atoms with Gasteiger partial charge in [-0.25, -0.2) is 9.59 Å². The Hall–Kier alpha value is -3.66. The summed E-state index contributed by atoms with van der Waals surface area (Å²) >= 11 is 1.61. The molecule has 3 aromatic rings. The minimum atomic E-state index is -0.766. The van der Waals surface area contributed by atoms with Crippen molar-refractivity contribution in [3.63, 3.8) is 0 Å². The molecule has 2 aliphatic heterocycles. The molecule has 0 saturated carbocycles. The lowest BCUT2D eigenvalue weighted by Crippen LogP contribution is -2.52. The molecule has 1 unspecified atom stereocenters. The fraction of sp³-hybridized carbons (Fsp3) is 0.360. The first kappa shape index (κ1) is 23.1. The summed E-state index contributed by atoms with van der Waals surface area (Å²) in [4.78, 5) is 42.3. The van der Waals surface area contributed by atoms with Crippen LogP contribution in [0.2, 0.25) is 0 Å². The number of carbonyl (C=O) groups is 3. The summed E-state index contributed by atoms with van der Waals surface area (Å²) in [5.74, 6) is -0.495. The second-order valence-corrected chi connectivity index (χ2v) is 9.53. The van der Waals surface area contributed by atoms with Crippen molar-refractivity contribution < 1.29 is 23.9 Å². The molecule has 0 bridgehead atoms. The van der Waals surface area contributed by atoms with Gasteiger partial charge < -0.3 is 14.4 Å². The zero-order chi connectivity index (χ0) is 24.2. The Bertz CT molecular complexity index is 1170. The average Bonchev–Trinajstić information content (AvgIpc) is 3.64. The number of benzene rings is 1. The largest absolute Gasteiger partial charge is 0.459 e. The predicted molar refractivity (Wildman–Crippen MR) is 128 cm³/mol. The van der Waals surface area contributed by atoms with E-state index in [1.165, 1.54) is 4.90 Å². The molecule has 1 aromatic carbocycles. The molecule has 10 heteroatoms. The Labute approximate surface area is 206 Å². The molecular formula is C25H26N4O5S. The van der Waals surface area contributed by atoms with Crippen LogP contribution in [0, 0.1) is 0 Å². The molecule has 0 spiro atoms. The molecule has 2 fully saturated rings. The van der Waals surface area contributed by atoms with Gasteiger partial charge in [-0.15, -0.1) is 11.3 Å². The molecule has 182 valence electrons. The highest BCUT2D eigenvalue weighted by Crippen LogP contribution is 2.26. The average molecular weight is 495 g/mol. The van der Waals surface area contributed by atoms with Crippen molar-refractivity contribution in [3.8, 4) is 10.6 Å². The Morgan fingerprint density at radius 1 is 1.09 bits per heavy atom. The van der Waals surface area contributed by atoms with E-state index in [1.807, 2.05) is 60.1 Å².